The molecule has 87 valence electrons. The van der Waals surface area contributed by atoms with Crippen LogP contribution in [0.4, 0.5) is 0 Å². The van der Waals surface area contributed by atoms with E-state index < -0.39 is 12.2 Å². The van der Waals surface area contributed by atoms with Crippen molar-refractivity contribution in [2.24, 2.45) is 5.73 Å². The van der Waals surface area contributed by atoms with Crippen LogP contribution >= 0.6 is 0 Å². The van der Waals surface area contributed by atoms with Crippen LogP contribution in [0.5, 0.6) is 0 Å². The van der Waals surface area contributed by atoms with Crippen LogP contribution in [0.25, 0.3) is 5.76 Å². The van der Waals surface area contributed by atoms with E-state index in [0.717, 1.165) is 0 Å². The number of benzene rings is 1. The van der Waals surface area contributed by atoms with E-state index in [0.29, 0.717) is 11.1 Å². The number of hydrogen-bond acceptors (Lipinski definition) is 4. The van der Waals surface area contributed by atoms with Crippen molar-refractivity contribution in [3.63, 3.8) is 0 Å². The first-order valence-electron chi connectivity index (χ1n) is 4.94. The molecule has 2 N–H and O–H groups in total. The molecule has 0 saturated carbocycles. The summed E-state index contributed by atoms with van der Waals surface area (Å²) in [6.07, 6.45) is 1.27. The number of hydrogen-bond donors (Lipinski definition) is 1. The zero-order valence-electron chi connectivity index (χ0n) is 9.10. The maximum absolute atomic E-state index is 11.4. The fraction of sp³-hybridized carbons (Fsp3) is 0.167. The zero-order chi connectivity index (χ0) is 12.4. The molecule has 2 rings (SSSR count). The summed E-state index contributed by atoms with van der Waals surface area (Å²) in [6.45, 7) is 1.45. The van der Waals surface area contributed by atoms with Crippen LogP contribution in [0.2, 0.25) is 0 Å². The third-order valence-corrected chi connectivity index (χ3v) is 2.27. The molecule has 1 aromatic rings. The summed E-state index contributed by atoms with van der Waals surface area (Å²) >= 11 is 0. The van der Waals surface area contributed by atoms with Gasteiger partial charge in [-0.25, -0.2) is 0 Å². The van der Waals surface area contributed by atoms with Crippen LogP contribution in [0.15, 0.2) is 24.3 Å². The van der Waals surface area contributed by atoms with Crippen molar-refractivity contribution < 1.29 is 19.1 Å². The van der Waals surface area contributed by atoms with Gasteiger partial charge in [0.25, 0.3) is 5.91 Å². The molecule has 0 saturated heterocycles. The van der Waals surface area contributed by atoms with Crippen molar-refractivity contribution in [1.29, 1.82) is 0 Å². The lowest BCUT2D eigenvalue weighted by Crippen LogP contribution is -2.29. The van der Waals surface area contributed by atoms with Gasteiger partial charge in [0.2, 0.25) is 6.26 Å². The summed E-state index contributed by atoms with van der Waals surface area (Å²) in [5.74, 6) is -0.645. The number of nitrogens with two attached hydrogens (primary N) is 1. The number of ether oxygens (including phenoxy) is 2. The van der Waals surface area contributed by atoms with E-state index in [1.807, 2.05) is 0 Å². The maximum Gasteiger partial charge on any atom is 0.321 e. The molecule has 17 heavy (non-hydrogen) atoms. The number of carbonyl (C=O) groups excluding carboxylic acids is 2. The van der Waals surface area contributed by atoms with Crippen molar-refractivity contribution in [3.05, 3.63) is 41.7 Å². The Morgan fingerprint density at radius 3 is 2.65 bits per heavy atom. The predicted octanol–water partition coefficient (Wildman–Crippen LogP) is 0.849. The van der Waals surface area contributed by atoms with Crippen molar-refractivity contribution in [2.45, 2.75) is 13.2 Å². The van der Waals surface area contributed by atoms with Gasteiger partial charge in [0, 0.05) is 11.1 Å². The Hall–Kier alpha value is -2.30. The van der Waals surface area contributed by atoms with Crippen LogP contribution in [0, 0.1) is 6.26 Å². The second-order valence-electron chi connectivity index (χ2n) is 3.50. The third kappa shape index (κ3) is 2.13. The minimum absolute atomic E-state index is 0.110. The molecule has 5 nitrogen and oxygen atoms in total. The van der Waals surface area contributed by atoms with Gasteiger partial charge in [-0.15, -0.1) is 0 Å². The smallest absolute Gasteiger partial charge is 0.321 e. The van der Waals surface area contributed by atoms with Crippen molar-refractivity contribution in [1.82, 2.24) is 0 Å². The predicted molar refractivity (Wildman–Crippen MR) is 58.2 cm³/mol. The van der Waals surface area contributed by atoms with Gasteiger partial charge in [-0.2, -0.15) is 0 Å². The highest BCUT2D eigenvalue weighted by atomic mass is 16.7. The largest absolute Gasteiger partial charge is 0.442 e. The second kappa shape index (κ2) is 4.29. The fourth-order valence-electron chi connectivity index (χ4n) is 1.48. The summed E-state index contributed by atoms with van der Waals surface area (Å²) in [6, 6.07) is 6.83. The van der Waals surface area contributed by atoms with Gasteiger partial charge in [0.15, 0.2) is 11.5 Å². The Labute approximate surface area is 97.8 Å². The van der Waals surface area contributed by atoms with Gasteiger partial charge in [-0.3, -0.25) is 9.59 Å². The lowest BCUT2D eigenvalue weighted by atomic mass is 10.0. The first kappa shape index (κ1) is 11.2. The van der Waals surface area contributed by atoms with Gasteiger partial charge >= 0.3 is 6.29 Å². The molecule has 1 aliphatic heterocycles. The van der Waals surface area contributed by atoms with E-state index in [9.17, 15) is 9.59 Å². The van der Waals surface area contributed by atoms with Gasteiger partial charge in [-0.05, 0) is 6.92 Å². The zero-order valence-corrected chi connectivity index (χ0v) is 9.10. The molecular formula is C12H10NO4. The highest BCUT2D eigenvalue weighted by Gasteiger charge is 2.28. The SMILES string of the molecule is CC(=O)c1ccccc1C1=[C]OC(C(N)=O)O1. The van der Waals surface area contributed by atoms with E-state index >= 15 is 0 Å². The molecule has 5 heteroatoms. The van der Waals surface area contributed by atoms with Crippen molar-refractivity contribution in [3.8, 4) is 0 Å². The molecule has 0 aliphatic carbocycles. The topological polar surface area (TPSA) is 78.6 Å². The molecule has 0 fully saturated rings. The number of carbonyl (C=O) groups is 2. The molecule has 0 spiro atoms. The Bertz CT molecular complexity index is 507. The number of amides is 1. The molecule has 0 bridgehead atoms. The Morgan fingerprint density at radius 2 is 2.06 bits per heavy atom. The number of Topliss-reactive ketones (excluding diaryl/α,β-unsaturated/α-hetero) is 1. The summed E-state index contributed by atoms with van der Waals surface area (Å²) in [7, 11) is 0. The summed E-state index contributed by atoms with van der Waals surface area (Å²) in [5, 5.41) is 0. The van der Waals surface area contributed by atoms with Crippen LogP contribution in [0.1, 0.15) is 22.8 Å². The van der Waals surface area contributed by atoms with Crippen LogP contribution in [0.3, 0.4) is 0 Å². The molecule has 1 aliphatic rings. The average molecular weight is 232 g/mol. The van der Waals surface area contributed by atoms with Crippen LogP contribution in [-0.4, -0.2) is 18.0 Å². The highest BCUT2D eigenvalue weighted by molar-refractivity contribution is 5.98. The van der Waals surface area contributed by atoms with E-state index in [1.165, 1.54) is 6.92 Å². The number of primary amides is 1. The highest BCUT2D eigenvalue weighted by Crippen LogP contribution is 2.26. The fourth-order valence-corrected chi connectivity index (χ4v) is 1.48. The molecule has 1 atom stereocenters. The molecule has 1 radical (unpaired) electrons. The van der Waals surface area contributed by atoms with Crippen molar-refractivity contribution >= 4 is 17.4 Å². The van der Waals surface area contributed by atoms with Crippen LogP contribution in [-0.2, 0) is 14.3 Å². The first-order chi connectivity index (χ1) is 8.09. The van der Waals surface area contributed by atoms with Crippen LogP contribution < -0.4 is 5.73 Å². The van der Waals surface area contributed by atoms with E-state index in [1.54, 1.807) is 24.3 Å². The summed E-state index contributed by atoms with van der Waals surface area (Å²) in [4.78, 5) is 22.3. The van der Waals surface area contributed by atoms with E-state index in [2.05, 4.69) is 6.26 Å². The summed E-state index contributed by atoms with van der Waals surface area (Å²) < 4.78 is 9.98. The average Bonchev–Trinajstić information content (AvgIpc) is 2.78. The van der Waals surface area contributed by atoms with E-state index in [4.69, 9.17) is 15.2 Å². The Kier molecular flexibility index (Phi) is 2.82. The minimum atomic E-state index is -1.18. The molecule has 1 unspecified atom stereocenters. The number of ketones is 1. The van der Waals surface area contributed by atoms with Crippen molar-refractivity contribution in [2.75, 3.05) is 0 Å². The first-order valence-corrected chi connectivity index (χ1v) is 4.94. The molecule has 1 aromatic carbocycles. The molecular weight excluding hydrogens is 222 g/mol. The Balaban J connectivity index is 2.31. The standard InChI is InChI=1S/C12H10NO4/c1-7(14)8-4-2-3-5-9(8)10-6-16-12(17-10)11(13)15/h2-5,12H,1H3,(H2,13,15). The lowest BCUT2D eigenvalue weighted by molar-refractivity contribution is -0.140. The number of rotatable bonds is 3. The maximum atomic E-state index is 11.4. The Morgan fingerprint density at radius 1 is 1.35 bits per heavy atom. The normalized spacial score (nSPS) is 17.9. The van der Waals surface area contributed by atoms with Gasteiger partial charge in [0.05, 0.1) is 0 Å². The quantitative estimate of drug-likeness (QED) is 0.783. The minimum Gasteiger partial charge on any atom is -0.442 e. The third-order valence-electron chi connectivity index (χ3n) is 2.27. The van der Waals surface area contributed by atoms with Gasteiger partial charge < -0.3 is 15.2 Å². The van der Waals surface area contributed by atoms with E-state index in [-0.39, 0.29) is 11.5 Å². The van der Waals surface area contributed by atoms with Gasteiger partial charge in [0.1, 0.15) is 0 Å². The van der Waals surface area contributed by atoms with Gasteiger partial charge in [-0.1, -0.05) is 24.3 Å². The second-order valence-corrected chi connectivity index (χ2v) is 3.50. The molecule has 1 amide bonds. The monoisotopic (exact) mass is 232 g/mol. The lowest BCUT2D eigenvalue weighted by Gasteiger charge is -2.09. The summed E-state index contributed by atoms with van der Waals surface area (Å²) in [5.41, 5.74) is 6.03. The molecule has 1 heterocycles. The molecule has 0 aromatic heterocycles.